The first-order valence-corrected chi connectivity index (χ1v) is 15.7. The van der Waals surface area contributed by atoms with Gasteiger partial charge in [-0.05, 0) is 81.5 Å². The fourth-order valence-electron chi connectivity index (χ4n) is 5.11. The minimum Gasteiger partial charge on any atom is -0.487 e. The van der Waals surface area contributed by atoms with Gasteiger partial charge in [0.05, 0.1) is 22.6 Å². The summed E-state index contributed by atoms with van der Waals surface area (Å²) in [6, 6.07) is 5.86. The van der Waals surface area contributed by atoms with Gasteiger partial charge in [0.25, 0.3) is 6.01 Å². The van der Waals surface area contributed by atoms with Gasteiger partial charge in [0.1, 0.15) is 23.8 Å². The Kier molecular flexibility index (Phi) is 15.8. The van der Waals surface area contributed by atoms with Gasteiger partial charge in [0, 0.05) is 37.5 Å². The van der Waals surface area contributed by atoms with Crippen molar-refractivity contribution in [3.63, 3.8) is 0 Å². The van der Waals surface area contributed by atoms with Crippen LogP contribution in [0.5, 0.6) is 0 Å². The number of hydrogen-bond donors (Lipinski definition) is 3. The van der Waals surface area contributed by atoms with E-state index in [1.807, 2.05) is 18.9 Å². The number of carbonyl (C=O) groups excluding carboxylic acids is 1. The molecule has 8 nitrogen and oxygen atoms in total. The number of piperidine rings is 1. The number of rotatable bonds is 6. The number of benzene rings is 2. The Morgan fingerprint density at radius 1 is 1.09 bits per heavy atom. The highest BCUT2D eigenvalue weighted by atomic mass is 19.1. The van der Waals surface area contributed by atoms with E-state index in [1.165, 1.54) is 37.4 Å². The van der Waals surface area contributed by atoms with Crippen molar-refractivity contribution >= 4 is 28.7 Å². The van der Waals surface area contributed by atoms with Crippen LogP contribution in [0.1, 0.15) is 70.2 Å². The van der Waals surface area contributed by atoms with Crippen LogP contribution >= 0.6 is 0 Å². The molecule has 1 aromatic heterocycles. The third-order valence-corrected chi connectivity index (χ3v) is 8.32. The van der Waals surface area contributed by atoms with Crippen LogP contribution in [0.3, 0.4) is 0 Å². The molecule has 3 heterocycles. The maximum atomic E-state index is 14.8. The Labute approximate surface area is 270 Å². The number of nitrogens with one attached hydrogen (secondary N) is 1. The largest absolute Gasteiger partial charge is 0.487 e. The fraction of sp³-hybridized carbons (Fsp3) is 0.486. The van der Waals surface area contributed by atoms with E-state index in [4.69, 9.17) is 15.6 Å². The van der Waals surface area contributed by atoms with E-state index in [0.29, 0.717) is 52.9 Å². The number of β-amino-alcohol motifs (C(OH)–C–C–N with tert-alkyl or cyclic N) is 1. The lowest BCUT2D eigenvalue weighted by atomic mass is 9.92. The number of aromatic nitrogens is 2. The van der Waals surface area contributed by atoms with Crippen LogP contribution < -0.4 is 4.90 Å². The molecule has 0 aliphatic carbocycles. The van der Waals surface area contributed by atoms with Crippen LogP contribution in [0.2, 0.25) is 0 Å². The molecule has 3 aromatic rings. The van der Waals surface area contributed by atoms with Gasteiger partial charge in [0.2, 0.25) is 0 Å². The maximum Gasteiger partial charge on any atom is 0.262 e. The smallest absolute Gasteiger partial charge is 0.262 e. The van der Waals surface area contributed by atoms with Gasteiger partial charge >= 0.3 is 0 Å². The quantitative estimate of drug-likeness (QED) is 0.143. The van der Waals surface area contributed by atoms with E-state index in [-0.39, 0.29) is 17.6 Å². The average Bonchev–Trinajstić information content (AvgIpc) is 3.42. The minimum atomic E-state index is -1.33. The molecule has 5 rings (SSSR count). The van der Waals surface area contributed by atoms with E-state index in [9.17, 15) is 18.0 Å². The molecule has 11 heteroatoms. The fourth-order valence-corrected chi connectivity index (χ4v) is 5.11. The Balaban J connectivity index is 0.000000354. The number of aldehydes is 1. The lowest BCUT2D eigenvalue weighted by Crippen LogP contribution is -2.36. The molecule has 0 radical (unpaired) electrons. The number of carbonyl (C=O) groups is 1. The highest BCUT2D eigenvalue weighted by molar-refractivity contribution is 6.00. The van der Waals surface area contributed by atoms with E-state index in [0.717, 1.165) is 38.3 Å². The van der Waals surface area contributed by atoms with Gasteiger partial charge in [-0.25, -0.2) is 18.7 Å². The second kappa shape index (κ2) is 19.0. The van der Waals surface area contributed by atoms with Crippen molar-refractivity contribution in [2.75, 3.05) is 38.1 Å². The molecule has 46 heavy (non-hydrogen) atoms. The Morgan fingerprint density at radius 3 is 2.15 bits per heavy atom. The molecule has 2 aliphatic heterocycles. The molecule has 2 saturated heterocycles. The standard InChI is InChI=1S/C22H20F2N4O.C6H14.C5H11NO.C2H3FO/c1-13(25)14-6-8-28(9-7-14)22-20-18(23)5-4-17(21(20)26-12-27-22)15-2-3-16(11-29)19(24)10-15;1-4-6(3)5-2;1-6-3-2-5(7)4-6;1-2(3)4/h2-5,10-12,14,25H,6-9H2,1H3;6H,4-5H2,1-3H3;5,7H,2-4H2,1H3;4H,1H2. The van der Waals surface area contributed by atoms with Gasteiger partial charge in [-0.2, -0.15) is 4.39 Å². The molecular weight excluding hydrogens is 595 g/mol. The molecule has 2 aromatic carbocycles. The zero-order valence-corrected chi connectivity index (χ0v) is 27.6. The number of anilines is 1. The van der Waals surface area contributed by atoms with Crippen LogP contribution in [0.15, 0.2) is 49.3 Å². The van der Waals surface area contributed by atoms with Crippen LogP contribution in [0.25, 0.3) is 22.0 Å². The summed E-state index contributed by atoms with van der Waals surface area (Å²) >= 11 is 0. The van der Waals surface area contributed by atoms with Crippen LogP contribution in [0.4, 0.5) is 19.0 Å². The van der Waals surface area contributed by atoms with E-state index < -0.39 is 17.6 Å². The van der Waals surface area contributed by atoms with E-state index >= 15 is 0 Å². The molecule has 0 spiro atoms. The van der Waals surface area contributed by atoms with Gasteiger partial charge < -0.3 is 25.4 Å². The van der Waals surface area contributed by atoms with Crippen molar-refractivity contribution in [3.05, 3.63) is 66.4 Å². The number of nitrogens with zero attached hydrogens (tertiary/aromatic N) is 4. The maximum absolute atomic E-state index is 14.8. The van der Waals surface area contributed by atoms with Crippen molar-refractivity contribution in [2.45, 2.75) is 65.9 Å². The lowest BCUT2D eigenvalue weighted by Gasteiger charge is -2.33. The molecule has 2 fully saturated rings. The van der Waals surface area contributed by atoms with Gasteiger partial charge in [0.15, 0.2) is 6.29 Å². The van der Waals surface area contributed by atoms with Gasteiger partial charge in [-0.1, -0.05) is 39.7 Å². The average molecular weight is 644 g/mol. The summed E-state index contributed by atoms with van der Waals surface area (Å²) in [7, 11) is 2.02. The van der Waals surface area contributed by atoms with Crippen LogP contribution in [0, 0.1) is 28.9 Å². The van der Waals surface area contributed by atoms with E-state index in [1.54, 1.807) is 12.1 Å². The first kappa shape index (κ1) is 38.4. The number of aliphatic hydroxyl groups excluding tert-OH is 2. The summed E-state index contributed by atoms with van der Waals surface area (Å²) in [6.45, 7) is 14.3. The highest BCUT2D eigenvalue weighted by Gasteiger charge is 2.25. The molecule has 2 aliphatic rings. The van der Waals surface area contributed by atoms with Crippen molar-refractivity contribution in [2.24, 2.45) is 11.8 Å². The number of hydrogen-bond acceptors (Lipinski definition) is 8. The Bertz CT molecular complexity index is 1430. The Morgan fingerprint density at radius 2 is 1.72 bits per heavy atom. The third kappa shape index (κ3) is 11.5. The summed E-state index contributed by atoms with van der Waals surface area (Å²) in [4.78, 5) is 23.7. The second-order valence-corrected chi connectivity index (χ2v) is 11.8. The molecule has 3 N–H and O–H groups in total. The number of likely N-dealkylation sites (N-methyl/N-ethyl adjacent to an activating group) is 1. The summed E-state index contributed by atoms with van der Waals surface area (Å²) in [6.07, 6.45) is 7.06. The molecule has 1 unspecified atom stereocenters. The molecule has 0 bridgehead atoms. The lowest BCUT2D eigenvalue weighted by molar-refractivity contribution is 0.111. The van der Waals surface area contributed by atoms with Crippen molar-refractivity contribution in [3.8, 4) is 11.1 Å². The Hall–Kier alpha value is -3.83. The molecule has 0 saturated carbocycles. The highest BCUT2D eigenvalue weighted by Crippen LogP contribution is 2.35. The first-order chi connectivity index (χ1) is 21.8. The predicted octanol–water partition coefficient (Wildman–Crippen LogP) is 7.75. The monoisotopic (exact) mass is 643 g/mol. The molecule has 252 valence electrons. The molecule has 0 amide bonds. The predicted molar refractivity (Wildman–Crippen MR) is 179 cm³/mol. The second-order valence-electron chi connectivity index (χ2n) is 11.8. The summed E-state index contributed by atoms with van der Waals surface area (Å²) < 4.78 is 39.3. The van der Waals surface area contributed by atoms with Gasteiger partial charge in [-0.3, -0.25) is 4.79 Å². The summed E-state index contributed by atoms with van der Waals surface area (Å²) in [5.41, 5.74) is 2.14. The zero-order valence-electron chi connectivity index (χ0n) is 27.6. The normalized spacial score (nSPS) is 16.5. The third-order valence-electron chi connectivity index (χ3n) is 8.32. The number of fused-ring (bicyclic) bond motifs is 1. The summed E-state index contributed by atoms with van der Waals surface area (Å²) in [5.74, 6) is 0.632. The topological polar surface area (TPSA) is 114 Å². The van der Waals surface area contributed by atoms with Crippen molar-refractivity contribution in [1.82, 2.24) is 14.9 Å². The number of aliphatic hydroxyl groups is 2. The zero-order chi connectivity index (χ0) is 34.4. The summed E-state index contributed by atoms with van der Waals surface area (Å²) in [5, 5.41) is 24.2. The van der Waals surface area contributed by atoms with Crippen LogP contribution in [-0.2, 0) is 0 Å². The number of halogens is 3. The minimum absolute atomic E-state index is 0.0279. The number of likely N-dealkylation sites (tertiary alicyclic amines) is 1. The molecular formula is C35H48F3N5O3. The molecule has 1 atom stereocenters. The first-order valence-electron chi connectivity index (χ1n) is 15.7. The van der Waals surface area contributed by atoms with E-state index in [2.05, 4.69) is 42.2 Å². The SMILES string of the molecule is C=C(O)F.CC(=N)C1CCN(c2ncnc3c(-c4ccc(C=O)c(F)c4)ccc(F)c23)CC1.CCC(C)CC.CN1CCC(O)C1. The van der Waals surface area contributed by atoms with Crippen molar-refractivity contribution < 1.29 is 28.2 Å². The van der Waals surface area contributed by atoms with Crippen LogP contribution in [-0.4, -0.2) is 76.4 Å². The van der Waals surface area contributed by atoms with Gasteiger partial charge in [-0.15, -0.1) is 0 Å². The van der Waals surface area contributed by atoms with Crippen molar-refractivity contribution in [1.29, 1.82) is 5.41 Å².